The van der Waals surface area contributed by atoms with Crippen molar-refractivity contribution < 1.29 is 22.8 Å². The quantitative estimate of drug-likeness (QED) is 0.557. The molecule has 12 heteroatoms. The highest BCUT2D eigenvalue weighted by Crippen LogP contribution is 2.31. The number of hydrogen-bond acceptors (Lipinski definition) is 7. The van der Waals surface area contributed by atoms with Gasteiger partial charge in [0, 0.05) is 26.2 Å². The number of hydrogen-bond donors (Lipinski definition) is 2. The van der Waals surface area contributed by atoms with E-state index in [1.54, 1.807) is 53.6 Å². The number of piperazine rings is 1. The Kier molecular flexibility index (Phi) is 6.52. The summed E-state index contributed by atoms with van der Waals surface area (Å²) in [5.74, 6) is -1.06. The first-order valence-corrected chi connectivity index (χ1v) is 12.9. The van der Waals surface area contributed by atoms with E-state index in [2.05, 4.69) is 10.7 Å². The smallest absolute Gasteiger partial charge is 0.318 e. The predicted molar refractivity (Wildman–Crippen MR) is 121 cm³/mol. The molecule has 0 saturated carbocycles. The Morgan fingerprint density at radius 2 is 1.79 bits per heavy atom. The Balaban J connectivity index is 1.35. The molecule has 2 aliphatic heterocycles. The van der Waals surface area contributed by atoms with Gasteiger partial charge in [-0.05, 0) is 23.4 Å². The highest BCUT2D eigenvalue weighted by Gasteiger charge is 2.52. The van der Waals surface area contributed by atoms with Crippen LogP contribution in [-0.4, -0.2) is 73.2 Å². The lowest BCUT2D eigenvalue weighted by atomic mass is 9.87. The summed E-state index contributed by atoms with van der Waals surface area (Å²) >= 11 is 1.17. The molecule has 3 heterocycles. The van der Waals surface area contributed by atoms with Crippen molar-refractivity contribution in [2.75, 3.05) is 32.7 Å². The van der Waals surface area contributed by atoms with Gasteiger partial charge in [-0.15, -0.1) is 11.3 Å². The first-order chi connectivity index (χ1) is 15.8. The fourth-order valence-corrected chi connectivity index (χ4v) is 6.63. The SMILES string of the molecule is CCC1(c2ccccc2)NC(=O)N(NC(=O)CN2CCN(S(=O)(=O)c3cccs3)CC2)C1=O. The molecule has 1 aromatic carbocycles. The zero-order valence-corrected chi connectivity index (χ0v) is 19.7. The lowest BCUT2D eigenvalue weighted by molar-refractivity contribution is -0.140. The molecule has 2 aromatic rings. The van der Waals surface area contributed by atoms with Crippen LogP contribution in [0.2, 0.25) is 0 Å². The third-order valence-electron chi connectivity index (χ3n) is 5.91. The van der Waals surface area contributed by atoms with Crippen LogP contribution in [0.25, 0.3) is 0 Å². The maximum Gasteiger partial charge on any atom is 0.344 e. The second-order valence-corrected chi connectivity index (χ2v) is 11.0. The van der Waals surface area contributed by atoms with Crippen molar-refractivity contribution in [3.05, 3.63) is 53.4 Å². The van der Waals surface area contributed by atoms with Gasteiger partial charge in [0.2, 0.25) is 0 Å². The van der Waals surface area contributed by atoms with Crippen LogP contribution in [-0.2, 0) is 25.2 Å². The number of amides is 4. The third kappa shape index (κ3) is 4.38. The molecule has 0 bridgehead atoms. The van der Waals surface area contributed by atoms with E-state index in [1.807, 2.05) is 6.07 Å². The van der Waals surface area contributed by atoms with Crippen molar-refractivity contribution in [3.63, 3.8) is 0 Å². The Bertz CT molecular complexity index is 1130. The lowest BCUT2D eigenvalue weighted by Gasteiger charge is -2.33. The summed E-state index contributed by atoms with van der Waals surface area (Å²) in [7, 11) is -3.53. The molecule has 0 radical (unpaired) electrons. The Hall–Kier alpha value is -2.80. The molecule has 2 N–H and O–H groups in total. The van der Waals surface area contributed by atoms with E-state index in [9.17, 15) is 22.8 Å². The van der Waals surface area contributed by atoms with E-state index >= 15 is 0 Å². The van der Waals surface area contributed by atoms with E-state index in [-0.39, 0.29) is 19.6 Å². The number of sulfonamides is 1. The summed E-state index contributed by atoms with van der Waals surface area (Å²) in [6.45, 7) is 2.96. The van der Waals surface area contributed by atoms with Gasteiger partial charge in [-0.25, -0.2) is 13.2 Å². The summed E-state index contributed by atoms with van der Waals surface area (Å²) in [5.41, 5.74) is 1.82. The van der Waals surface area contributed by atoms with E-state index < -0.39 is 33.4 Å². The molecule has 1 atom stereocenters. The minimum atomic E-state index is -3.53. The van der Waals surface area contributed by atoms with Gasteiger partial charge in [-0.1, -0.05) is 43.3 Å². The van der Waals surface area contributed by atoms with Crippen LogP contribution < -0.4 is 10.7 Å². The molecule has 176 valence electrons. The number of nitrogens with zero attached hydrogens (tertiary/aromatic N) is 3. The minimum absolute atomic E-state index is 0.0611. The van der Waals surface area contributed by atoms with Crippen molar-refractivity contribution in [2.24, 2.45) is 0 Å². The van der Waals surface area contributed by atoms with E-state index in [4.69, 9.17) is 0 Å². The molecular formula is C21H25N5O5S2. The van der Waals surface area contributed by atoms with Gasteiger partial charge >= 0.3 is 6.03 Å². The summed E-state index contributed by atoms with van der Waals surface area (Å²) in [6, 6.07) is 11.5. The van der Waals surface area contributed by atoms with Crippen LogP contribution in [0.3, 0.4) is 0 Å². The molecule has 1 aromatic heterocycles. The summed E-state index contributed by atoms with van der Waals surface area (Å²) in [4.78, 5) is 40.0. The van der Waals surface area contributed by atoms with Gasteiger partial charge in [-0.2, -0.15) is 9.31 Å². The monoisotopic (exact) mass is 491 g/mol. The van der Waals surface area contributed by atoms with E-state index in [0.29, 0.717) is 29.3 Å². The number of nitrogens with one attached hydrogen (secondary N) is 2. The van der Waals surface area contributed by atoms with Gasteiger partial charge in [0.05, 0.1) is 6.54 Å². The Morgan fingerprint density at radius 3 is 2.39 bits per heavy atom. The van der Waals surface area contributed by atoms with E-state index in [1.165, 1.54) is 15.6 Å². The average molecular weight is 492 g/mol. The van der Waals surface area contributed by atoms with Gasteiger partial charge in [-0.3, -0.25) is 19.9 Å². The van der Waals surface area contributed by atoms with Crippen LogP contribution in [0, 0.1) is 0 Å². The Labute approximate surface area is 196 Å². The molecule has 10 nitrogen and oxygen atoms in total. The van der Waals surface area contributed by atoms with Gasteiger partial charge in [0.15, 0.2) is 0 Å². The topological polar surface area (TPSA) is 119 Å². The maximum atomic E-state index is 13.1. The van der Waals surface area contributed by atoms with Crippen LogP contribution in [0.15, 0.2) is 52.1 Å². The maximum absolute atomic E-state index is 13.1. The number of thiophene rings is 1. The van der Waals surface area contributed by atoms with Crippen molar-refractivity contribution >= 4 is 39.2 Å². The second kappa shape index (κ2) is 9.21. The fourth-order valence-electron chi connectivity index (χ4n) is 4.07. The molecule has 2 saturated heterocycles. The van der Waals surface area contributed by atoms with Crippen molar-refractivity contribution in [1.82, 2.24) is 25.0 Å². The van der Waals surface area contributed by atoms with E-state index in [0.717, 1.165) is 5.01 Å². The zero-order valence-electron chi connectivity index (χ0n) is 18.1. The number of carbonyl (C=O) groups excluding carboxylic acids is 3. The number of hydrazine groups is 1. The van der Waals surface area contributed by atoms with Gasteiger partial charge in [0.1, 0.15) is 9.75 Å². The molecule has 33 heavy (non-hydrogen) atoms. The normalized spacial score (nSPS) is 22.4. The van der Waals surface area contributed by atoms with Crippen LogP contribution >= 0.6 is 11.3 Å². The molecule has 2 fully saturated rings. The summed E-state index contributed by atoms with van der Waals surface area (Å²) < 4.78 is 27.0. The van der Waals surface area contributed by atoms with Crippen LogP contribution in [0.1, 0.15) is 18.9 Å². The highest BCUT2D eigenvalue weighted by atomic mass is 32.2. The third-order valence-corrected chi connectivity index (χ3v) is 9.18. The summed E-state index contributed by atoms with van der Waals surface area (Å²) in [6.07, 6.45) is 0.328. The lowest BCUT2D eigenvalue weighted by Crippen LogP contribution is -2.54. The fraction of sp³-hybridized carbons (Fsp3) is 0.381. The number of benzene rings is 1. The number of carbonyl (C=O) groups is 3. The average Bonchev–Trinajstić information content (AvgIpc) is 3.44. The predicted octanol–water partition coefficient (Wildman–Crippen LogP) is 0.943. The molecule has 1 unspecified atom stereocenters. The molecule has 0 spiro atoms. The van der Waals surface area contributed by atoms with Crippen molar-refractivity contribution in [1.29, 1.82) is 0 Å². The van der Waals surface area contributed by atoms with Crippen molar-refractivity contribution in [2.45, 2.75) is 23.1 Å². The second-order valence-electron chi connectivity index (χ2n) is 7.84. The molecule has 2 aliphatic rings. The van der Waals surface area contributed by atoms with Gasteiger partial charge < -0.3 is 5.32 Å². The number of urea groups is 1. The summed E-state index contributed by atoms with van der Waals surface area (Å²) in [5, 5.41) is 5.16. The highest BCUT2D eigenvalue weighted by molar-refractivity contribution is 7.91. The first kappa shape index (κ1) is 23.4. The number of imide groups is 1. The molecule has 4 amide bonds. The minimum Gasteiger partial charge on any atom is -0.318 e. The van der Waals surface area contributed by atoms with Crippen LogP contribution in [0.5, 0.6) is 0 Å². The van der Waals surface area contributed by atoms with Gasteiger partial charge in [0.25, 0.3) is 21.8 Å². The largest absolute Gasteiger partial charge is 0.344 e. The molecular weight excluding hydrogens is 466 g/mol. The van der Waals surface area contributed by atoms with Crippen molar-refractivity contribution in [3.8, 4) is 0 Å². The molecule has 4 rings (SSSR count). The molecule has 0 aliphatic carbocycles. The zero-order chi connectivity index (χ0) is 23.6. The van der Waals surface area contributed by atoms with Crippen LogP contribution in [0.4, 0.5) is 4.79 Å². The number of rotatable bonds is 7. The Morgan fingerprint density at radius 1 is 1.09 bits per heavy atom. The standard InChI is InChI=1S/C21H25N5O5S2/c1-2-21(16-7-4-3-5-8-16)19(28)26(20(29)22-21)23-17(27)15-24-10-12-25(13-11-24)33(30,31)18-9-6-14-32-18/h3-9,14H,2,10-13,15H2,1H3,(H,22,29)(H,23,27). The first-order valence-electron chi connectivity index (χ1n) is 10.6.